The topological polar surface area (TPSA) is 79.0 Å². The number of nitrogens with zero attached hydrogens (tertiary/aromatic N) is 3. The van der Waals surface area contributed by atoms with Gasteiger partial charge < -0.3 is 9.88 Å². The summed E-state index contributed by atoms with van der Waals surface area (Å²) in [5.74, 6) is 0.678. The van der Waals surface area contributed by atoms with E-state index in [9.17, 15) is 9.59 Å². The maximum Gasteiger partial charge on any atom is 0.270 e. The van der Waals surface area contributed by atoms with Crippen LogP contribution in [-0.2, 0) is 11.8 Å². The number of H-pyrrole nitrogens is 1. The Balaban J connectivity index is 1.65. The quantitative estimate of drug-likeness (QED) is 0.864. The van der Waals surface area contributed by atoms with Gasteiger partial charge in [0.2, 0.25) is 5.56 Å². The molecule has 2 aliphatic rings. The molecule has 1 fully saturated rings. The molecule has 1 spiro atoms. The summed E-state index contributed by atoms with van der Waals surface area (Å²) in [6.45, 7) is 3.29. The Bertz CT molecular complexity index is 856. The van der Waals surface area contributed by atoms with Gasteiger partial charge in [0.15, 0.2) is 0 Å². The normalized spacial score (nSPS) is 22.6. The summed E-state index contributed by atoms with van der Waals surface area (Å²) < 4.78 is 0. The van der Waals surface area contributed by atoms with Crippen LogP contribution in [0.2, 0.25) is 0 Å². The van der Waals surface area contributed by atoms with Gasteiger partial charge in [-0.25, -0.2) is 9.97 Å². The highest BCUT2D eigenvalue weighted by Gasteiger charge is 2.44. The van der Waals surface area contributed by atoms with E-state index >= 15 is 0 Å². The SMILES string of the molecule is Cc1ncc2c(n1)C1(CCCN(C(=O)c3cccc(=O)[nH]3)C1)CC2. The second-order valence-corrected chi connectivity index (χ2v) is 6.83. The molecule has 1 N–H and O–H groups in total. The van der Waals surface area contributed by atoms with Gasteiger partial charge in [0.05, 0.1) is 5.69 Å². The van der Waals surface area contributed by atoms with Crippen molar-refractivity contribution in [2.45, 2.75) is 38.0 Å². The first-order valence-electron chi connectivity index (χ1n) is 8.39. The number of amides is 1. The number of aryl methyl sites for hydroxylation is 2. The zero-order chi connectivity index (χ0) is 16.7. The number of carbonyl (C=O) groups is 1. The lowest BCUT2D eigenvalue weighted by Gasteiger charge is -2.40. The molecule has 124 valence electrons. The number of hydrogen-bond acceptors (Lipinski definition) is 4. The predicted octanol–water partition coefficient (Wildman–Crippen LogP) is 1.59. The first kappa shape index (κ1) is 15.1. The molecule has 1 aliphatic carbocycles. The van der Waals surface area contributed by atoms with Gasteiger partial charge in [-0.2, -0.15) is 0 Å². The van der Waals surface area contributed by atoms with Gasteiger partial charge in [0.1, 0.15) is 11.5 Å². The zero-order valence-corrected chi connectivity index (χ0v) is 13.7. The third-order valence-corrected chi connectivity index (χ3v) is 5.22. The van der Waals surface area contributed by atoms with Gasteiger partial charge in [-0.15, -0.1) is 0 Å². The molecule has 3 heterocycles. The Morgan fingerprint density at radius 2 is 2.21 bits per heavy atom. The summed E-state index contributed by atoms with van der Waals surface area (Å²) in [7, 11) is 0. The molecule has 2 aromatic heterocycles. The number of piperidine rings is 1. The molecule has 1 atom stereocenters. The number of aromatic nitrogens is 3. The number of hydrogen-bond donors (Lipinski definition) is 1. The Kier molecular flexibility index (Phi) is 3.48. The third kappa shape index (κ3) is 2.42. The third-order valence-electron chi connectivity index (χ3n) is 5.22. The van der Waals surface area contributed by atoms with Crippen LogP contribution in [0, 0.1) is 6.92 Å². The van der Waals surface area contributed by atoms with Crippen molar-refractivity contribution in [1.29, 1.82) is 0 Å². The van der Waals surface area contributed by atoms with Crippen LogP contribution in [-0.4, -0.2) is 38.8 Å². The molecule has 1 aliphatic heterocycles. The number of pyridine rings is 1. The largest absolute Gasteiger partial charge is 0.336 e. The van der Waals surface area contributed by atoms with Gasteiger partial charge in [0.25, 0.3) is 5.91 Å². The van der Waals surface area contributed by atoms with Crippen LogP contribution in [0.4, 0.5) is 0 Å². The molecule has 6 nitrogen and oxygen atoms in total. The van der Waals surface area contributed by atoms with Crippen molar-refractivity contribution in [3.8, 4) is 0 Å². The molecule has 0 saturated carbocycles. The van der Waals surface area contributed by atoms with E-state index in [2.05, 4.69) is 9.97 Å². The number of nitrogens with one attached hydrogen (secondary N) is 1. The highest BCUT2D eigenvalue weighted by atomic mass is 16.2. The van der Waals surface area contributed by atoms with Gasteiger partial charge >= 0.3 is 0 Å². The van der Waals surface area contributed by atoms with Crippen LogP contribution < -0.4 is 5.56 Å². The number of carbonyl (C=O) groups excluding carboxylic acids is 1. The second kappa shape index (κ2) is 5.54. The van der Waals surface area contributed by atoms with Crippen molar-refractivity contribution in [3.05, 3.63) is 57.5 Å². The summed E-state index contributed by atoms with van der Waals surface area (Å²) >= 11 is 0. The molecular formula is C18H20N4O2. The maximum atomic E-state index is 12.8. The van der Waals surface area contributed by atoms with E-state index in [4.69, 9.17) is 4.98 Å². The summed E-state index contributed by atoms with van der Waals surface area (Å²) in [6, 6.07) is 4.70. The minimum Gasteiger partial charge on any atom is -0.336 e. The van der Waals surface area contributed by atoms with Crippen LogP contribution in [0.5, 0.6) is 0 Å². The van der Waals surface area contributed by atoms with Crippen LogP contribution in [0.1, 0.15) is 46.8 Å². The smallest absolute Gasteiger partial charge is 0.270 e. The maximum absolute atomic E-state index is 12.8. The van der Waals surface area contributed by atoms with Crippen molar-refractivity contribution in [2.75, 3.05) is 13.1 Å². The van der Waals surface area contributed by atoms with Crippen LogP contribution in [0.25, 0.3) is 0 Å². The second-order valence-electron chi connectivity index (χ2n) is 6.83. The van der Waals surface area contributed by atoms with E-state index in [0.29, 0.717) is 12.2 Å². The van der Waals surface area contributed by atoms with E-state index in [1.807, 2.05) is 18.0 Å². The molecule has 0 bridgehead atoms. The van der Waals surface area contributed by atoms with Crippen molar-refractivity contribution in [2.24, 2.45) is 0 Å². The van der Waals surface area contributed by atoms with Gasteiger partial charge in [-0.05, 0) is 44.2 Å². The van der Waals surface area contributed by atoms with Gasteiger partial charge in [0, 0.05) is 30.8 Å². The van der Waals surface area contributed by atoms with Crippen LogP contribution in [0.15, 0.2) is 29.2 Å². The standard InChI is InChI=1S/C18H20N4O2/c1-12-19-10-13-6-8-18(16(13)20-12)7-3-9-22(11-18)17(24)14-4-2-5-15(23)21-14/h2,4-5,10H,3,6-9,11H2,1H3,(H,21,23). The zero-order valence-electron chi connectivity index (χ0n) is 13.7. The molecule has 1 saturated heterocycles. The number of likely N-dealkylation sites (tertiary alicyclic amines) is 1. The average Bonchev–Trinajstić information content (AvgIpc) is 2.92. The lowest BCUT2D eigenvalue weighted by atomic mass is 9.77. The van der Waals surface area contributed by atoms with E-state index in [1.54, 1.807) is 12.1 Å². The summed E-state index contributed by atoms with van der Waals surface area (Å²) in [4.78, 5) is 37.8. The molecule has 6 heteroatoms. The summed E-state index contributed by atoms with van der Waals surface area (Å²) in [6.07, 6.45) is 5.91. The van der Waals surface area contributed by atoms with Crippen molar-refractivity contribution < 1.29 is 4.79 Å². The Morgan fingerprint density at radius 3 is 3.04 bits per heavy atom. The molecule has 4 rings (SSSR count). The molecule has 0 aromatic carbocycles. The fourth-order valence-electron chi connectivity index (χ4n) is 4.07. The Hall–Kier alpha value is -2.50. The molecule has 0 radical (unpaired) electrons. The fourth-order valence-corrected chi connectivity index (χ4v) is 4.07. The Morgan fingerprint density at radius 1 is 1.33 bits per heavy atom. The van der Waals surface area contributed by atoms with Crippen molar-refractivity contribution in [3.63, 3.8) is 0 Å². The minimum atomic E-state index is -0.248. The summed E-state index contributed by atoms with van der Waals surface area (Å²) in [5.41, 5.74) is 2.38. The molecule has 24 heavy (non-hydrogen) atoms. The fraction of sp³-hybridized carbons (Fsp3) is 0.444. The highest BCUT2D eigenvalue weighted by molar-refractivity contribution is 5.92. The first-order chi connectivity index (χ1) is 11.6. The first-order valence-corrected chi connectivity index (χ1v) is 8.39. The van der Waals surface area contributed by atoms with Crippen molar-refractivity contribution >= 4 is 5.91 Å². The average molecular weight is 324 g/mol. The van der Waals surface area contributed by atoms with E-state index < -0.39 is 0 Å². The molecule has 2 aromatic rings. The molecule has 1 amide bonds. The van der Waals surface area contributed by atoms with E-state index in [0.717, 1.165) is 43.7 Å². The lowest BCUT2D eigenvalue weighted by molar-refractivity contribution is 0.0627. The Labute approximate surface area is 140 Å². The number of aromatic amines is 1. The highest BCUT2D eigenvalue weighted by Crippen LogP contribution is 2.43. The van der Waals surface area contributed by atoms with E-state index in [-0.39, 0.29) is 16.9 Å². The van der Waals surface area contributed by atoms with Crippen LogP contribution in [0.3, 0.4) is 0 Å². The predicted molar refractivity (Wildman–Crippen MR) is 89.0 cm³/mol. The molecular weight excluding hydrogens is 304 g/mol. The molecule has 1 unspecified atom stereocenters. The van der Waals surface area contributed by atoms with Crippen LogP contribution >= 0.6 is 0 Å². The number of fused-ring (bicyclic) bond motifs is 2. The van der Waals surface area contributed by atoms with Gasteiger partial charge in [-0.3, -0.25) is 9.59 Å². The summed E-state index contributed by atoms with van der Waals surface area (Å²) in [5, 5.41) is 0. The number of rotatable bonds is 1. The van der Waals surface area contributed by atoms with Gasteiger partial charge in [-0.1, -0.05) is 6.07 Å². The van der Waals surface area contributed by atoms with Crippen molar-refractivity contribution in [1.82, 2.24) is 19.9 Å². The lowest BCUT2D eigenvalue weighted by Crippen LogP contribution is -2.48. The van der Waals surface area contributed by atoms with E-state index in [1.165, 1.54) is 11.6 Å². The minimum absolute atomic E-state index is 0.0635. The monoisotopic (exact) mass is 324 g/mol.